The molecule has 0 spiro atoms. The maximum Gasteiger partial charge on any atom is 0.348 e. The lowest BCUT2D eigenvalue weighted by Gasteiger charge is -2.47. The number of amides is 1. The van der Waals surface area contributed by atoms with Gasteiger partial charge in [0.05, 0.1) is 17.1 Å². The summed E-state index contributed by atoms with van der Waals surface area (Å²) in [6, 6.07) is 1.70. The number of ether oxygens (including phenoxy) is 1. The summed E-state index contributed by atoms with van der Waals surface area (Å²) in [6.45, 7) is -2.80. The molecule has 4 rings (SSSR count). The Morgan fingerprint density at radius 1 is 1.47 bits per heavy atom. The second kappa shape index (κ2) is 8.38. The molecule has 160 valence electrons. The molecule has 0 aromatic carbocycles. The number of carbonyl (C=O) groups excluding carboxylic acids is 1. The zero-order chi connectivity index (χ0) is 21.3. The first-order valence-corrected chi connectivity index (χ1v) is 10.3. The van der Waals surface area contributed by atoms with Crippen LogP contribution in [-0.4, -0.2) is 56.9 Å². The molecule has 1 amide bonds. The number of anilines is 2. The van der Waals surface area contributed by atoms with Gasteiger partial charge in [0.15, 0.2) is 11.5 Å². The number of nitrogens with zero attached hydrogens (tertiary/aromatic N) is 5. The van der Waals surface area contributed by atoms with Gasteiger partial charge >= 0.3 is 6.61 Å². The van der Waals surface area contributed by atoms with Crippen LogP contribution in [0.25, 0.3) is 5.65 Å². The van der Waals surface area contributed by atoms with E-state index in [0.717, 1.165) is 11.3 Å². The van der Waals surface area contributed by atoms with Gasteiger partial charge in [-0.25, -0.2) is 14.5 Å². The number of rotatable bonds is 6. The summed E-state index contributed by atoms with van der Waals surface area (Å²) < 4.78 is 32.8. The molecule has 30 heavy (non-hydrogen) atoms. The lowest BCUT2D eigenvalue weighted by atomic mass is 10.0. The van der Waals surface area contributed by atoms with E-state index in [1.807, 2.05) is 0 Å². The molecule has 1 aliphatic rings. The number of alkyl halides is 3. The highest BCUT2D eigenvalue weighted by molar-refractivity contribution is 7.14. The first-order chi connectivity index (χ1) is 14.4. The van der Waals surface area contributed by atoms with Crippen LogP contribution >= 0.6 is 22.9 Å². The number of hydrogen-bond acceptors (Lipinski definition) is 8. The number of aromatic nitrogens is 4. The topological polar surface area (TPSA) is 96.7 Å². The van der Waals surface area contributed by atoms with Crippen LogP contribution in [-0.2, 0) is 4.74 Å². The Labute approximate surface area is 179 Å². The van der Waals surface area contributed by atoms with Gasteiger partial charge in [0.2, 0.25) is 5.85 Å². The number of nitrogens with one attached hydrogen (secondary N) is 2. The van der Waals surface area contributed by atoms with Crippen molar-refractivity contribution in [2.24, 2.45) is 0 Å². The van der Waals surface area contributed by atoms with Gasteiger partial charge in [-0.3, -0.25) is 14.8 Å². The monoisotopic (exact) mass is 457 g/mol. The van der Waals surface area contributed by atoms with E-state index in [1.165, 1.54) is 28.2 Å². The fourth-order valence-corrected chi connectivity index (χ4v) is 4.37. The molecular formula is C17H18ClF2N7O2S. The molecule has 4 heterocycles. The average Bonchev–Trinajstić information content (AvgIpc) is 3.36. The first kappa shape index (κ1) is 20.8. The van der Waals surface area contributed by atoms with Crippen LogP contribution in [0.2, 0.25) is 0 Å². The molecule has 2 atom stereocenters. The molecule has 0 saturated carbocycles. The molecule has 3 aromatic heterocycles. The van der Waals surface area contributed by atoms with E-state index in [1.54, 1.807) is 18.5 Å². The van der Waals surface area contributed by atoms with E-state index < -0.39 is 18.4 Å². The molecule has 2 unspecified atom stereocenters. The normalized spacial score (nSPS) is 22.0. The van der Waals surface area contributed by atoms with Crippen molar-refractivity contribution in [1.29, 1.82) is 0 Å². The van der Waals surface area contributed by atoms with Crippen LogP contribution in [0, 0.1) is 0 Å². The molecule has 1 fully saturated rings. The zero-order valence-electron chi connectivity index (χ0n) is 15.8. The molecule has 0 bridgehead atoms. The number of piperidine rings is 1. The van der Waals surface area contributed by atoms with Crippen LogP contribution < -0.4 is 15.5 Å². The fraction of sp³-hybridized carbons (Fsp3) is 0.412. The minimum Gasteiger partial charge on any atom is -0.312 e. The van der Waals surface area contributed by atoms with E-state index in [0.29, 0.717) is 17.1 Å². The summed E-state index contributed by atoms with van der Waals surface area (Å²) in [7, 11) is 1.53. The van der Waals surface area contributed by atoms with E-state index in [4.69, 9.17) is 16.3 Å². The van der Waals surface area contributed by atoms with Crippen molar-refractivity contribution in [3.05, 3.63) is 35.7 Å². The van der Waals surface area contributed by atoms with Crippen molar-refractivity contribution in [2.75, 3.05) is 23.8 Å². The third-order valence-electron chi connectivity index (χ3n) is 4.84. The third-order valence-corrected chi connectivity index (χ3v) is 5.93. The molecule has 9 nitrogen and oxygen atoms in total. The van der Waals surface area contributed by atoms with Crippen molar-refractivity contribution < 1.29 is 18.3 Å². The number of carbonyl (C=O) groups is 1. The van der Waals surface area contributed by atoms with Gasteiger partial charge in [-0.1, -0.05) is 0 Å². The summed E-state index contributed by atoms with van der Waals surface area (Å²) >= 11 is 7.47. The smallest absolute Gasteiger partial charge is 0.312 e. The van der Waals surface area contributed by atoms with Crippen molar-refractivity contribution in [3.63, 3.8) is 0 Å². The van der Waals surface area contributed by atoms with E-state index >= 15 is 0 Å². The van der Waals surface area contributed by atoms with Crippen molar-refractivity contribution in [3.8, 4) is 0 Å². The van der Waals surface area contributed by atoms with Gasteiger partial charge in [-0.15, -0.1) is 22.9 Å². The highest BCUT2D eigenvalue weighted by Crippen LogP contribution is 2.39. The summed E-state index contributed by atoms with van der Waals surface area (Å²) in [5, 5.41) is 9.80. The first-order valence-electron chi connectivity index (χ1n) is 9.03. The van der Waals surface area contributed by atoms with Gasteiger partial charge in [-0.2, -0.15) is 13.9 Å². The Bertz CT molecular complexity index is 1050. The minimum absolute atomic E-state index is 0.208. The standard InChI is InChI=1S/C17H18ClF2N7O2S/c1-21-17(29-16(19)20)4-3-10(18)8-26(17)13-15(30-9-23-13)25-14(28)11-7-24-27-6-2-5-22-12(11)27/h2,5-7,9-10,16,21H,3-4,8H2,1H3,(H,25,28). The third kappa shape index (κ3) is 3.83. The molecule has 0 aliphatic carbocycles. The molecule has 1 saturated heterocycles. The Morgan fingerprint density at radius 3 is 3.07 bits per heavy atom. The van der Waals surface area contributed by atoms with Crippen molar-refractivity contribution >= 4 is 45.3 Å². The largest absolute Gasteiger partial charge is 0.348 e. The lowest BCUT2D eigenvalue weighted by Crippen LogP contribution is -2.65. The molecule has 0 radical (unpaired) electrons. The second-order valence-corrected chi connectivity index (χ2v) is 8.04. The van der Waals surface area contributed by atoms with Gasteiger partial charge < -0.3 is 10.2 Å². The van der Waals surface area contributed by atoms with Gasteiger partial charge in [0, 0.05) is 25.4 Å². The van der Waals surface area contributed by atoms with Crippen LogP contribution in [0.4, 0.5) is 19.6 Å². The van der Waals surface area contributed by atoms with Crippen LogP contribution in [0.15, 0.2) is 30.2 Å². The van der Waals surface area contributed by atoms with E-state index in [2.05, 4.69) is 25.7 Å². The van der Waals surface area contributed by atoms with Gasteiger partial charge in [0.1, 0.15) is 10.6 Å². The number of hydrogen-bond donors (Lipinski definition) is 2. The highest BCUT2D eigenvalue weighted by Gasteiger charge is 2.45. The number of fused-ring (bicyclic) bond motifs is 1. The highest BCUT2D eigenvalue weighted by atomic mass is 35.5. The molecule has 13 heteroatoms. The zero-order valence-corrected chi connectivity index (χ0v) is 17.3. The Hall–Kier alpha value is -2.41. The lowest BCUT2D eigenvalue weighted by molar-refractivity contribution is -0.225. The SMILES string of the molecule is CNC1(OC(F)F)CCC(Cl)CN1c1ncsc1NC(=O)c1cnn2cccnc12. The quantitative estimate of drug-likeness (QED) is 0.434. The molecule has 2 N–H and O–H groups in total. The second-order valence-electron chi connectivity index (χ2n) is 6.56. The Morgan fingerprint density at radius 2 is 2.30 bits per heavy atom. The Kier molecular flexibility index (Phi) is 5.82. The van der Waals surface area contributed by atoms with Crippen molar-refractivity contribution in [1.82, 2.24) is 24.9 Å². The summed E-state index contributed by atoms with van der Waals surface area (Å²) in [4.78, 5) is 22.8. The van der Waals surface area contributed by atoms with Crippen LogP contribution in [0.1, 0.15) is 23.2 Å². The maximum absolute atomic E-state index is 13.2. The van der Waals surface area contributed by atoms with Crippen LogP contribution in [0.3, 0.4) is 0 Å². The summed E-state index contributed by atoms with van der Waals surface area (Å²) in [6.07, 6.45) is 5.33. The minimum atomic E-state index is -3.01. The predicted octanol–water partition coefficient (Wildman–Crippen LogP) is 2.76. The fourth-order valence-electron chi connectivity index (χ4n) is 3.45. The summed E-state index contributed by atoms with van der Waals surface area (Å²) in [5.74, 6) is -1.66. The molecular weight excluding hydrogens is 440 g/mol. The van der Waals surface area contributed by atoms with Gasteiger partial charge in [0.25, 0.3) is 5.91 Å². The van der Waals surface area contributed by atoms with E-state index in [9.17, 15) is 13.6 Å². The Balaban J connectivity index is 1.65. The maximum atomic E-state index is 13.2. The van der Waals surface area contributed by atoms with Crippen molar-refractivity contribution in [2.45, 2.75) is 30.7 Å². The predicted molar refractivity (Wildman–Crippen MR) is 108 cm³/mol. The average molecular weight is 458 g/mol. The number of halogens is 3. The summed E-state index contributed by atoms with van der Waals surface area (Å²) in [5.41, 5.74) is 2.18. The van der Waals surface area contributed by atoms with E-state index in [-0.39, 0.29) is 29.7 Å². The van der Waals surface area contributed by atoms with Crippen LogP contribution in [0.5, 0.6) is 0 Å². The van der Waals surface area contributed by atoms with Gasteiger partial charge in [-0.05, 0) is 19.5 Å². The molecule has 1 aliphatic heterocycles. The number of thiazole rings is 1. The molecule has 3 aromatic rings.